The molecule has 0 unspecified atom stereocenters. The third-order valence-electron chi connectivity index (χ3n) is 2.49. The lowest BCUT2D eigenvalue weighted by molar-refractivity contribution is -0.116. The predicted octanol–water partition coefficient (Wildman–Crippen LogP) is 4.65. The summed E-state index contributed by atoms with van der Waals surface area (Å²) < 4.78 is 3.23. The highest BCUT2D eigenvalue weighted by molar-refractivity contribution is 14.2. The Kier molecular flexibility index (Phi) is 6.79. The summed E-state index contributed by atoms with van der Waals surface area (Å²) in [6.45, 7) is 7.22. The summed E-state index contributed by atoms with van der Waals surface area (Å²) in [5, 5.41) is 0. The number of carbonyl (C=O) groups is 1. The fraction of sp³-hybridized carbons (Fsp3) is 0.417. The molecule has 18 heavy (non-hydrogen) atoms. The van der Waals surface area contributed by atoms with Crippen LogP contribution in [0.15, 0.2) is 22.7 Å². The molecule has 1 aromatic carbocycles. The number of hydrogen-bond acceptors (Lipinski definition) is 3. The maximum absolute atomic E-state index is 11.5. The van der Waals surface area contributed by atoms with E-state index in [2.05, 4.69) is 47.5 Å². The molecule has 0 aliphatic carbocycles. The molecular weight excluding hydrogens is 427 g/mol. The Morgan fingerprint density at radius 1 is 1.33 bits per heavy atom. The van der Waals surface area contributed by atoms with Gasteiger partial charge in [0, 0.05) is 54.8 Å². The minimum Gasteiger partial charge on any atom is -0.309 e. The van der Waals surface area contributed by atoms with Crippen molar-refractivity contribution in [2.45, 2.75) is 20.8 Å². The third-order valence-corrected chi connectivity index (χ3v) is 4.95. The van der Waals surface area contributed by atoms with Gasteiger partial charge in [0.15, 0.2) is 0 Å². The summed E-state index contributed by atoms with van der Waals surface area (Å²) in [6, 6.07) is 6.01. The molecule has 1 amide bonds. The lowest BCUT2D eigenvalue weighted by Crippen LogP contribution is -2.40. The highest BCUT2D eigenvalue weighted by atomic mass is 127. The number of amides is 1. The van der Waals surface area contributed by atoms with Crippen LogP contribution < -0.4 is 9.21 Å². The van der Waals surface area contributed by atoms with Gasteiger partial charge in [-0.2, -0.15) is 0 Å². The van der Waals surface area contributed by atoms with Crippen LogP contribution in [-0.4, -0.2) is 19.0 Å². The molecule has 0 saturated carbocycles. The maximum atomic E-state index is 11.5. The van der Waals surface area contributed by atoms with Gasteiger partial charge >= 0.3 is 0 Å². The van der Waals surface area contributed by atoms with E-state index in [0.717, 1.165) is 28.9 Å². The first-order valence-electron chi connectivity index (χ1n) is 5.77. The summed E-state index contributed by atoms with van der Waals surface area (Å²) in [5.74, 6) is 0.0988. The molecule has 1 aromatic rings. The average molecular weight is 443 g/mol. The van der Waals surface area contributed by atoms with E-state index in [1.807, 2.05) is 30.9 Å². The van der Waals surface area contributed by atoms with Crippen LogP contribution in [0.1, 0.15) is 20.8 Å². The van der Waals surface area contributed by atoms with Crippen LogP contribution in [0, 0.1) is 0 Å². The molecule has 1 heterocycles. The maximum Gasteiger partial charge on any atom is 0.223 e. The molecule has 0 aromatic heterocycles. The monoisotopic (exact) mass is 442 g/mol. The summed E-state index contributed by atoms with van der Waals surface area (Å²) in [7, 11) is 1.66. The fourth-order valence-electron chi connectivity index (χ4n) is 1.76. The van der Waals surface area contributed by atoms with E-state index in [1.165, 1.54) is 0 Å². The van der Waals surface area contributed by atoms with E-state index in [4.69, 9.17) is 0 Å². The molecule has 1 aliphatic rings. The van der Waals surface area contributed by atoms with E-state index < -0.39 is 0 Å². The van der Waals surface area contributed by atoms with E-state index >= 15 is 0 Å². The fourth-order valence-corrected chi connectivity index (χ4v) is 3.70. The van der Waals surface area contributed by atoms with Crippen molar-refractivity contribution >= 4 is 63.5 Å². The summed E-state index contributed by atoms with van der Waals surface area (Å²) >= 11 is 5.73. The van der Waals surface area contributed by atoms with Crippen molar-refractivity contribution in [2.75, 3.05) is 22.3 Å². The quantitative estimate of drug-likeness (QED) is 0.467. The van der Waals surface area contributed by atoms with Crippen molar-refractivity contribution in [1.29, 1.82) is 0 Å². The van der Waals surface area contributed by atoms with Gasteiger partial charge in [0.2, 0.25) is 5.91 Å². The molecule has 0 atom stereocenters. The molecule has 0 saturated heterocycles. The van der Waals surface area contributed by atoms with Crippen molar-refractivity contribution in [2.24, 2.45) is 0 Å². The van der Waals surface area contributed by atoms with Crippen LogP contribution in [0.3, 0.4) is 0 Å². The van der Waals surface area contributed by atoms with Crippen LogP contribution in [0.5, 0.6) is 0 Å². The minimum absolute atomic E-state index is 0.0988. The van der Waals surface area contributed by atoms with Crippen LogP contribution in [0.25, 0.3) is 0 Å². The number of anilines is 2. The van der Waals surface area contributed by atoms with E-state index in [0.29, 0.717) is 0 Å². The molecule has 3 nitrogen and oxygen atoms in total. The Morgan fingerprint density at radius 2 is 2.00 bits per heavy atom. The van der Waals surface area contributed by atoms with Crippen molar-refractivity contribution in [1.82, 2.24) is 0 Å². The van der Waals surface area contributed by atoms with Crippen LogP contribution in [-0.2, 0) is 4.79 Å². The second kappa shape index (κ2) is 7.59. The summed E-state index contributed by atoms with van der Waals surface area (Å²) in [4.78, 5) is 13.4. The summed E-state index contributed by atoms with van der Waals surface area (Å²) in [6.07, 6.45) is 0. The predicted molar refractivity (Wildman–Crippen MR) is 92.5 cm³/mol. The van der Waals surface area contributed by atoms with E-state index in [9.17, 15) is 4.79 Å². The number of carbonyl (C=O) groups excluding carboxylic acids is 1. The topological polar surface area (TPSA) is 23.6 Å². The van der Waals surface area contributed by atoms with Gasteiger partial charge in [-0.25, -0.2) is 0 Å². The molecule has 1 aliphatic heterocycles. The number of hydrogen-bond donors (Lipinski definition) is 0. The first-order chi connectivity index (χ1) is 8.63. The molecule has 0 spiro atoms. The third kappa shape index (κ3) is 3.54. The Bertz CT molecular complexity index is 431. The van der Waals surface area contributed by atoms with Crippen molar-refractivity contribution < 1.29 is 4.79 Å². The number of benzene rings is 1. The highest BCUT2D eigenvalue weighted by Crippen LogP contribution is 2.40. The second-order valence-corrected chi connectivity index (χ2v) is 6.15. The molecular formula is C12H16BrIN2OS. The largest absolute Gasteiger partial charge is 0.309 e. The highest BCUT2D eigenvalue weighted by Gasteiger charge is 2.24. The Hall–Kier alpha value is 0.0500. The normalized spacial score (nSPS) is 13.6. The zero-order chi connectivity index (χ0) is 13.7. The van der Waals surface area contributed by atoms with Gasteiger partial charge in [0.1, 0.15) is 0 Å². The summed E-state index contributed by atoms with van der Waals surface area (Å²) in [5.41, 5.74) is 2.08. The number of halogens is 2. The first-order valence-corrected chi connectivity index (χ1v) is 9.88. The Labute approximate surface area is 133 Å². The lowest BCUT2D eigenvalue weighted by atomic mass is 10.2. The van der Waals surface area contributed by atoms with Crippen LogP contribution in [0.2, 0.25) is 0 Å². The standard InChI is InChI=1S/C10H10BrIN2OS.C2H6/c1-7(15)13-4-5-14(16-12)10-6-8(11)2-3-9(10)13;1-2/h2-3,6H,4-5H2,1H3;1-2H3. The van der Waals surface area contributed by atoms with E-state index in [-0.39, 0.29) is 5.91 Å². The Balaban J connectivity index is 0.000000771. The van der Waals surface area contributed by atoms with Crippen molar-refractivity contribution in [3.05, 3.63) is 22.7 Å². The zero-order valence-corrected chi connectivity index (χ0v) is 15.2. The molecule has 0 bridgehead atoms. The van der Waals surface area contributed by atoms with Gasteiger partial charge in [-0.05, 0) is 18.2 Å². The van der Waals surface area contributed by atoms with Gasteiger partial charge < -0.3 is 9.21 Å². The Morgan fingerprint density at radius 3 is 2.56 bits per heavy atom. The second-order valence-electron chi connectivity index (χ2n) is 3.47. The molecule has 0 radical (unpaired) electrons. The molecule has 0 fully saturated rings. The van der Waals surface area contributed by atoms with Crippen LogP contribution in [0.4, 0.5) is 11.4 Å². The molecule has 2 rings (SSSR count). The molecule has 0 N–H and O–H groups in total. The number of rotatable bonds is 1. The first kappa shape index (κ1) is 16.1. The minimum atomic E-state index is 0.0988. The van der Waals surface area contributed by atoms with Gasteiger partial charge in [-0.1, -0.05) is 29.8 Å². The van der Waals surface area contributed by atoms with Gasteiger partial charge in [-0.3, -0.25) is 4.79 Å². The zero-order valence-electron chi connectivity index (χ0n) is 10.6. The van der Waals surface area contributed by atoms with E-state index in [1.54, 1.807) is 16.0 Å². The smallest absolute Gasteiger partial charge is 0.223 e. The SMILES string of the molecule is CC.CC(=O)N1CCN(SI)c2cc(Br)ccc21. The number of nitrogens with zero attached hydrogens (tertiary/aromatic N) is 2. The van der Waals surface area contributed by atoms with Gasteiger partial charge in [0.25, 0.3) is 0 Å². The lowest BCUT2D eigenvalue weighted by Gasteiger charge is -2.35. The van der Waals surface area contributed by atoms with Gasteiger partial charge in [-0.15, -0.1) is 0 Å². The van der Waals surface area contributed by atoms with Gasteiger partial charge in [0.05, 0.1) is 11.4 Å². The average Bonchev–Trinajstić information content (AvgIpc) is 2.39. The van der Waals surface area contributed by atoms with Crippen molar-refractivity contribution in [3.8, 4) is 0 Å². The molecule has 6 heteroatoms. The van der Waals surface area contributed by atoms with Crippen molar-refractivity contribution in [3.63, 3.8) is 0 Å². The van der Waals surface area contributed by atoms with Crippen LogP contribution >= 0.6 is 46.3 Å². The number of fused-ring (bicyclic) bond motifs is 1. The molecule has 100 valence electrons.